The Balaban J connectivity index is 1.97. The predicted molar refractivity (Wildman–Crippen MR) is 178 cm³/mol. The Kier molecular flexibility index (Phi) is 13.9. The van der Waals surface area contributed by atoms with Crippen molar-refractivity contribution in [1.82, 2.24) is 15.5 Å². The van der Waals surface area contributed by atoms with E-state index in [1.165, 1.54) is 0 Å². The van der Waals surface area contributed by atoms with Crippen molar-refractivity contribution in [2.75, 3.05) is 6.54 Å². The first-order valence-electron chi connectivity index (χ1n) is 16.0. The first-order valence-corrected chi connectivity index (χ1v) is 16.0. The second-order valence-electron chi connectivity index (χ2n) is 12.4. The zero-order valence-electron chi connectivity index (χ0n) is 27.1. The third-order valence-electron chi connectivity index (χ3n) is 7.39. The van der Waals surface area contributed by atoms with Crippen LogP contribution < -0.4 is 10.6 Å². The van der Waals surface area contributed by atoms with E-state index in [2.05, 4.69) is 17.6 Å². The molecule has 0 fully saturated rings. The molecule has 0 aliphatic carbocycles. The molecular weight excluding hydrogens is 566 g/mol. The molecule has 0 aliphatic heterocycles. The molecule has 45 heavy (non-hydrogen) atoms. The number of carbonyl (C=O) groups is 3. The van der Waals surface area contributed by atoms with Crippen molar-refractivity contribution >= 4 is 17.9 Å². The van der Waals surface area contributed by atoms with E-state index in [0.29, 0.717) is 25.1 Å². The van der Waals surface area contributed by atoms with Crippen molar-refractivity contribution < 1.29 is 24.2 Å². The van der Waals surface area contributed by atoms with Crippen LogP contribution in [0.3, 0.4) is 0 Å². The van der Waals surface area contributed by atoms with Crippen LogP contribution >= 0.6 is 0 Å². The zero-order chi connectivity index (χ0) is 32.7. The number of nitrogens with one attached hydrogen (secondary N) is 2. The molecule has 8 nitrogen and oxygen atoms in total. The van der Waals surface area contributed by atoms with Crippen LogP contribution in [-0.2, 0) is 27.3 Å². The number of rotatable bonds is 16. The van der Waals surface area contributed by atoms with Gasteiger partial charge in [0.25, 0.3) is 0 Å². The monoisotopic (exact) mass is 615 g/mol. The van der Waals surface area contributed by atoms with E-state index < -0.39 is 23.8 Å². The number of phenols is 1. The van der Waals surface area contributed by atoms with Crippen LogP contribution in [0.2, 0.25) is 0 Å². The van der Waals surface area contributed by atoms with Gasteiger partial charge >= 0.3 is 6.09 Å². The van der Waals surface area contributed by atoms with E-state index in [9.17, 15) is 19.5 Å². The first-order chi connectivity index (χ1) is 21.6. The average molecular weight is 616 g/mol. The summed E-state index contributed by atoms with van der Waals surface area (Å²) >= 11 is 0. The molecule has 0 spiro atoms. The maximum absolute atomic E-state index is 14.6. The zero-order valence-corrected chi connectivity index (χ0v) is 27.1. The van der Waals surface area contributed by atoms with Gasteiger partial charge in [-0.2, -0.15) is 0 Å². The molecule has 0 radical (unpaired) electrons. The van der Waals surface area contributed by atoms with Crippen LogP contribution in [0.15, 0.2) is 84.9 Å². The summed E-state index contributed by atoms with van der Waals surface area (Å²) in [7, 11) is 0. The van der Waals surface area contributed by atoms with Crippen LogP contribution in [-0.4, -0.2) is 46.1 Å². The minimum Gasteiger partial charge on any atom is -0.508 e. The predicted octanol–water partition coefficient (Wildman–Crippen LogP) is 7.07. The summed E-state index contributed by atoms with van der Waals surface area (Å²) in [5.74, 6) is -0.582. The number of phenolic OH excluding ortho intramolecular Hbond substituents is 1. The number of carbonyl (C=O) groups excluding carboxylic acids is 3. The molecule has 0 bridgehead atoms. The number of nitrogens with zero attached hydrogens (tertiary/aromatic N) is 1. The molecular formula is C37H49N3O5. The summed E-state index contributed by atoms with van der Waals surface area (Å²) in [6.07, 6.45) is 5.51. The molecule has 8 heteroatoms. The summed E-state index contributed by atoms with van der Waals surface area (Å²) in [6.45, 7) is 8.11. The molecule has 3 rings (SSSR count). The standard InChI is InChI=1S/C37H49N3O5/c1-5-6-7-8-9-16-25-40(33(30-19-14-11-15-20-30)34(42)38-27-29-17-12-10-13-18-29)35(43)32(39-36(44)45-37(2,3)4)26-28-21-23-31(41)24-22-28/h10-15,17-24,32-33,41H,5-9,16,25-27H2,1-4H3,(H,38,42)(H,39,44). The van der Waals surface area contributed by atoms with Crippen molar-refractivity contribution in [1.29, 1.82) is 0 Å². The fourth-order valence-electron chi connectivity index (χ4n) is 5.14. The van der Waals surface area contributed by atoms with Gasteiger partial charge in [0.15, 0.2) is 0 Å². The Bertz CT molecular complexity index is 1320. The van der Waals surface area contributed by atoms with Crippen LogP contribution in [0.4, 0.5) is 4.79 Å². The second-order valence-corrected chi connectivity index (χ2v) is 12.4. The van der Waals surface area contributed by atoms with Gasteiger partial charge in [-0.05, 0) is 56.0 Å². The van der Waals surface area contributed by atoms with Gasteiger partial charge in [-0.15, -0.1) is 0 Å². The van der Waals surface area contributed by atoms with Gasteiger partial charge in [-0.3, -0.25) is 9.59 Å². The Morgan fingerprint density at radius 3 is 2.02 bits per heavy atom. The van der Waals surface area contributed by atoms with Crippen LogP contribution in [0.25, 0.3) is 0 Å². The molecule has 242 valence electrons. The largest absolute Gasteiger partial charge is 0.508 e. The maximum Gasteiger partial charge on any atom is 0.408 e. The lowest BCUT2D eigenvalue weighted by Gasteiger charge is -2.34. The van der Waals surface area contributed by atoms with Crippen molar-refractivity contribution in [2.24, 2.45) is 0 Å². The number of hydrogen-bond acceptors (Lipinski definition) is 5. The molecule has 0 saturated heterocycles. The van der Waals surface area contributed by atoms with Gasteiger partial charge in [-0.1, -0.05) is 112 Å². The van der Waals surface area contributed by atoms with Crippen molar-refractivity contribution in [3.8, 4) is 5.75 Å². The number of aromatic hydroxyl groups is 1. The fourth-order valence-corrected chi connectivity index (χ4v) is 5.14. The lowest BCUT2D eigenvalue weighted by Crippen LogP contribution is -2.54. The number of alkyl carbamates (subject to hydrolysis) is 1. The molecule has 0 aromatic heterocycles. The molecule has 3 N–H and O–H groups in total. The van der Waals surface area contributed by atoms with Gasteiger partial charge in [0.1, 0.15) is 23.4 Å². The summed E-state index contributed by atoms with van der Waals surface area (Å²) in [5, 5.41) is 15.7. The van der Waals surface area contributed by atoms with E-state index in [0.717, 1.165) is 43.2 Å². The highest BCUT2D eigenvalue weighted by Gasteiger charge is 2.36. The molecule has 2 unspecified atom stereocenters. The number of benzene rings is 3. The van der Waals surface area contributed by atoms with Crippen LogP contribution in [0, 0.1) is 0 Å². The van der Waals surface area contributed by atoms with E-state index in [1.54, 1.807) is 49.9 Å². The molecule has 3 aromatic carbocycles. The molecule has 2 atom stereocenters. The lowest BCUT2D eigenvalue weighted by atomic mass is 9.99. The molecule has 0 saturated carbocycles. The highest BCUT2D eigenvalue weighted by Crippen LogP contribution is 2.25. The van der Waals surface area contributed by atoms with E-state index >= 15 is 0 Å². The smallest absolute Gasteiger partial charge is 0.408 e. The Morgan fingerprint density at radius 1 is 0.800 bits per heavy atom. The third-order valence-corrected chi connectivity index (χ3v) is 7.39. The first kappa shape index (κ1) is 35.2. The summed E-state index contributed by atoms with van der Waals surface area (Å²) < 4.78 is 5.53. The minimum atomic E-state index is -1.02. The van der Waals surface area contributed by atoms with Crippen LogP contribution in [0.5, 0.6) is 5.75 Å². The summed E-state index contributed by atoms with van der Waals surface area (Å²) in [6, 6.07) is 23.5. The number of unbranched alkanes of at least 4 members (excludes halogenated alkanes) is 5. The number of hydrogen-bond donors (Lipinski definition) is 3. The van der Waals surface area contributed by atoms with Crippen molar-refractivity contribution in [3.63, 3.8) is 0 Å². The van der Waals surface area contributed by atoms with Crippen molar-refractivity contribution in [3.05, 3.63) is 102 Å². The Morgan fingerprint density at radius 2 is 1.40 bits per heavy atom. The quantitative estimate of drug-likeness (QED) is 0.149. The number of ether oxygens (including phenoxy) is 1. The SMILES string of the molecule is CCCCCCCCN(C(=O)C(Cc1ccc(O)cc1)NC(=O)OC(C)(C)C)C(C(=O)NCc1ccccc1)c1ccccc1. The van der Waals surface area contributed by atoms with E-state index in [-0.39, 0.29) is 24.0 Å². The van der Waals surface area contributed by atoms with Gasteiger partial charge < -0.3 is 25.4 Å². The van der Waals surface area contributed by atoms with Gasteiger partial charge in [0.05, 0.1) is 0 Å². The molecule has 0 aliphatic rings. The topological polar surface area (TPSA) is 108 Å². The van der Waals surface area contributed by atoms with Crippen molar-refractivity contribution in [2.45, 2.75) is 96.9 Å². The van der Waals surface area contributed by atoms with E-state index in [1.807, 2.05) is 60.7 Å². The molecule has 0 heterocycles. The third kappa shape index (κ3) is 12.3. The van der Waals surface area contributed by atoms with Gasteiger partial charge in [0.2, 0.25) is 11.8 Å². The highest BCUT2D eigenvalue weighted by molar-refractivity contribution is 5.92. The van der Waals surface area contributed by atoms with Crippen LogP contribution in [0.1, 0.15) is 89.0 Å². The summed E-state index contributed by atoms with van der Waals surface area (Å²) in [4.78, 5) is 43.2. The Labute approximate surface area is 268 Å². The minimum absolute atomic E-state index is 0.102. The Hall–Kier alpha value is -4.33. The molecule has 3 aromatic rings. The maximum atomic E-state index is 14.6. The molecule has 3 amide bonds. The highest BCUT2D eigenvalue weighted by atomic mass is 16.6. The van der Waals surface area contributed by atoms with Gasteiger partial charge in [-0.25, -0.2) is 4.79 Å². The lowest BCUT2D eigenvalue weighted by molar-refractivity contribution is -0.142. The second kappa shape index (κ2) is 17.8. The summed E-state index contributed by atoms with van der Waals surface area (Å²) in [5.41, 5.74) is 1.61. The number of amides is 3. The normalized spacial score (nSPS) is 12.5. The fraction of sp³-hybridized carbons (Fsp3) is 0.432. The van der Waals surface area contributed by atoms with E-state index in [4.69, 9.17) is 4.74 Å². The average Bonchev–Trinajstić information content (AvgIpc) is 3.01. The van der Waals surface area contributed by atoms with Gasteiger partial charge in [0, 0.05) is 19.5 Å².